The maximum Gasteiger partial charge on any atom is 0.416 e. The number of benzene rings is 2. The van der Waals surface area contributed by atoms with Crippen LogP contribution in [0.1, 0.15) is 33.5 Å². The van der Waals surface area contributed by atoms with Gasteiger partial charge in [0.2, 0.25) is 0 Å². The highest BCUT2D eigenvalue weighted by molar-refractivity contribution is 7.18. The second-order valence-electron chi connectivity index (χ2n) is 6.92. The number of fused-ring (bicyclic) bond motifs is 1. The minimum Gasteiger partial charge on any atom is -0.394 e. The van der Waals surface area contributed by atoms with Gasteiger partial charge in [0.15, 0.2) is 0 Å². The highest BCUT2D eigenvalue weighted by Crippen LogP contribution is 2.37. The smallest absolute Gasteiger partial charge is 0.394 e. The van der Waals surface area contributed by atoms with E-state index in [-0.39, 0.29) is 17.9 Å². The SMILES string of the molecule is O=C(Nc1cccc(C(F)(F)F)c1)c1ccc2sc([C@H]3C[C@H](O)[C@@H](CO)O3)nc2c1. The summed E-state index contributed by atoms with van der Waals surface area (Å²) in [5.41, 5.74) is -0.0216. The minimum absolute atomic E-state index is 0.0391. The lowest BCUT2D eigenvalue weighted by molar-refractivity contribution is -0.137. The van der Waals surface area contributed by atoms with Crippen LogP contribution >= 0.6 is 11.3 Å². The number of amides is 1. The average molecular weight is 438 g/mol. The summed E-state index contributed by atoms with van der Waals surface area (Å²) in [6.07, 6.45) is -6.07. The van der Waals surface area contributed by atoms with Gasteiger partial charge in [-0.25, -0.2) is 4.98 Å². The lowest BCUT2D eigenvalue weighted by atomic mass is 10.1. The fourth-order valence-electron chi connectivity index (χ4n) is 3.25. The number of carbonyl (C=O) groups excluding carboxylic acids is 1. The van der Waals surface area contributed by atoms with Gasteiger partial charge in [0.1, 0.15) is 17.2 Å². The summed E-state index contributed by atoms with van der Waals surface area (Å²) in [6, 6.07) is 9.23. The first-order valence-corrected chi connectivity index (χ1v) is 9.90. The molecule has 1 aliphatic heterocycles. The van der Waals surface area contributed by atoms with E-state index < -0.39 is 36.0 Å². The van der Waals surface area contributed by atoms with Crippen LogP contribution in [0.15, 0.2) is 42.5 Å². The first-order valence-electron chi connectivity index (χ1n) is 9.08. The second kappa shape index (κ2) is 7.95. The second-order valence-corrected chi connectivity index (χ2v) is 7.98. The standard InChI is InChI=1S/C20H17F3N2O4S/c21-20(22,23)11-2-1-3-12(7-11)24-18(28)10-4-5-17-13(6-10)25-19(30-17)15-8-14(27)16(9-26)29-15/h1-7,14-16,26-27H,8-9H2,(H,24,28)/t14-,15+,16+/m0/s1. The number of aliphatic hydroxyl groups excluding tert-OH is 2. The number of hydrogen-bond donors (Lipinski definition) is 3. The van der Waals surface area contributed by atoms with Crippen LogP contribution in [0, 0.1) is 0 Å². The largest absolute Gasteiger partial charge is 0.416 e. The molecule has 0 saturated carbocycles. The Labute approximate surface area is 172 Å². The summed E-state index contributed by atoms with van der Waals surface area (Å²) in [4.78, 5) is 17.0. The number of halogens is 3. The van der Waals surface area contributed by atoms with Crippen molar-refractivity contribution in [2.24, 2.45) is 0 Å². The summed E-state index contributed by atoms with van der Waals surface area (Å²) < 4.78 is 44.9. The molecular formula is C20H17F3N2O4S. The molecule has 0 bridgehead atoms. The van der Waals surface area contributed by atoms with Crippen LogP contribution in [-0.4, -0.2) is 39.9 Å². The van der Waals surface area contributed by atoms with E-state index in [0.717, 1.165) is 16.8 Å². The number of carbonyl (C=O) groups is 1. The molecule has 10 heteroatoms. The van der Waals surface area contributed by atoms with Crippen LogP contribution < -0.4 is 5.32 Å². The normalized spacial score (nSPS) is 21.8. The van der Waals surface area contributed by atoms with E-state index in [0.29, 0.717) is 16.9 Å². The first-order chi connectivity index (χ1) is 14.2. The van der Waals surface area contributed by atoms with Crippen molar-refractivity contribution in [2.45, 2.75) is 30.9 Å². The Bertz CT molecular complexity index is 1090. The maximum absolute atomic E-state index is 12.8. The number of hydrogen-bond acceptors (Lipinski definition) is 6. The molecule has 1 fully saturated rings. The Balaban J connectivity index is 1.53. The van der Waals surface area contributed by atoms with Crippen molar-refractivity contribution in [1.29, 1.82) is 0 Å². The van der Waals surface area contributed by atoms with E-state index in [1.165, 1.54) is 23.5 Å². The number of rotatable bonds is 4. The monoisotopic (exact) mass is 438 g/mol. The van der Waals surface area contributed by atoms with Crippen molar-refractivity contribution < 1.29 is 32.9 Å². The van der Waals surface area contributed by atoms with Gasteiger partial charge in [-0.15, -0.1) is 11.3 Å². The Morgan fingerprint density at radius 1 is 1.27 bits per heavy atom. The first kappa shape index (κ1) is 20.7. The molecule has 6 nitrogen and oxygen atoms in total. The Kier molecular flexibility index (Phi) is 5.49. The zero-order valence-electron chi connectivity index (χ0n) is 15.4. The molecule has 30 heavy (non-hydrogen) atoms. The van der Waals surface area contributed by atoms with Gasteiger partial charge < -0.3 is 20.3 Å². The van der Waals surface area contributed by atoms with E-state index in [2.05, 4.69) is 10.3 Å². The molecule has 2 heterocycles. The van der Waals surface area contributed by atoms with Gasteiger partial charge in [0.05, 0.1) is 28.5 Å². The van der Waals surface area contributed by atoms with Crippen molar-refractivity contribution in [3.8, 4) is 0 Å². The van der Waals surface area contributed by atoms with Gasteiger partial charge >= 0.3 is 6.18 Å². The molecule has 0 aliphatic carbocycles. The molecule has 3 N–H and O–H groups in total. The molecule has 158 valence electrons. The molecule has 3 aromatic rings. The zero-order chi connectivity index (χ0) is 21.5. The number of anilines is 1. The summed E-state index contributed by atoms with van der Waals surface area (Å²) in [5, 5.41) is 22.2. The minimum atomic E-state index is -4.50. The number of aromatic nitrogens is 1. The van der Waals surface area contributed by atoms with Gasteiger partial charge in [-0.05, 0) is 36.4 Å². The van der Waals surface area contributed by atoms with Gasteiger partial charge in [-0.3, -0.25) is 4.79 Å². The molecule has 0 unspecified atom stereocenters. The summed E-state index contributed by atoms with van der Waals surface area (Å²) in [7, 11) is 0. The van der Waals surface area contributed by atoms with E-state index in [1.54, 1.807) is 18.2 Å². The summed E-state index contributed by atoms with van der Waals surface area (Å²) >= 11 is 1.35. The molecule has 3 atom stereocenters. The Hall–Kier alpha value is -2.53. The highest BCUT2D eigenvalue weighted by atomic mass is 32.1. The van der Waals surface area contributed by atoms with E-state index in [1.807, 2.05) is 0 Å². The van der Waals surface area contributed by atoms with Crippen LogP contribution in [0.2, 0.25) is 0 Å². The number of ether oxygens (including phenoxy) is 1. The fourth-order valence-corrected chi connectivity index (χ4v) is 4.25. The van der Waals surface area contributed by atoms with E-state index in [9.17, 15) is 28.2 Å². The van der Waals surface area contributed by atoms with Crippen molar-refractivity contribution in [2.75, 3.05) is 11.9 Å². The van der Waals surface area contributed by atoms with Crippen molar-refractivity contribution in [3.05, 3.63) is 58.6 Å². The molecule has 1 aliphatic rings. The zero-order valence-corrected chi connectivity index (χ0v) is 16.2. The molecular weight excluding hydrogens is 421 g/mol. The predicted octanol–water partition coefficient (Wildman–Crippen LogP) is 3.75. The molecule has 0 radical (unpaired) electrons. The number of nitrogens with one attached hydrogen (secondary N) is 1. The third-order valence-corrected chi connectivity index (χ3v) is 5.92. The van der Waals surface area contributed by atoms with Gasteiger partial charge in [0, 0.05) is 17.7 Å². The van der Waals surface area contributed by atoms with Crippen molar-refractivity contribution in [3.63, 3.8) is 0 Å². The Morgan fingerprint density at radius 3 is 2.77 bits per heavy atom. The summed E-state index contributed by atoms with van der Waals surface area (Å²) in [5.74, 6) is -0.557. The lowest BCUT2D eigenvalue weighted by Gasteiger charge is -2.10. The molecule has 1 saturated heterocycles. The van der Waals surface area contributed by atoms with Crippen LogP contribution in [0.25, 0.3) is 10.2 Å². The topological polar surface area (TPSA) is 91.7 Å². The van der Waals surface area contributed by atoms with Crippen molar-refractivity contribution in [1.82, 2.24) is 4.98 Å². The lowest BCUT2D eigenvalue weighted by Crippen LogP contribution is -2.24. The maximum atomic E-state index is 12.8. The van der Waals surface area contributed by atoms with Crippen LogP contribution in [0.5, 0.6) is 0 Å². The molecule has 1 aromatic heterocycles. The fraction of sp³-hybridized carbons (Fsp3) is 0.300. The summed E-state index contributed by atoms with van der Waals surface area (Å²) in [6.45, 7) is -0.289. The van der Waals surface area contributed by atoms with E-state index >= 15 is 0 Å². The highest BCUT2D eigenvalue weighted by Gasteiger charge is 2.36. The number of thiazole rings is 1. The average Bonchev–Trinajstić information content (AvgIpc) is 3.29. The molecule has 0 spiro atoms. The third-order valence-electron chi connectivity index (χ3n) is 4.79. The van der Waals surface area contributed by atoms with Crippen LogP contribution in [0.3, 0.4) is 0 Å². The van der Waals surface area contributed by atoms with Gasteiger partial charge in [-0.1, -0.05) is 6.07 Å². The third kappa shape index (κ3) is 4.17. The number of alkyl halides is 3. The Morgan fingerprint density at radius 2 is 2.07 bits per heavy atom. The molecule has 2 aromatic carbocycles. The van der Waals surface area contributed by atoms with Gasteiger partial charge in [-0.2, -0.15) is 13.2 Å². The predicted molar refractivity (Wildman–Crippen MR) is 104 cm³/mol. The number of nitrogens with zero attached hydrogens (tertiary/aromatic N) is 1. The quantitative estimate of drug-likeness (QED) is 0.577. The van der Waals surface area contributed by atoms with Crippen molar-refractivity contribution >= 4 is 33.1 Å². The van der Waals surface area contributed by atoms with Crippen LogP contribution in [-0.2, 0) is 10.9 Å². The van der Waals surface area contributed by atoms with Gasteiger partial charge in [0.25, 0.3) is 5.91 Å². The molecule has 4 rings (SSSR count). The van der Waals surface area contributed by atoms with E-state index in [4.69, 9.17) is 4.74 Å². The van der Waals surface area contributed by atoms with Crippen LogP contribution in [0.4, 0.5) is 18.9 Å². The molecule has 1 amide bonds. The number of aliphatic hydroxyl groups is 2.